The first-order chi connectivity index (χ1) is 12.3. The van der Waals surface area contributed by atoms with Crippen LogP contribution in [-0.2, 0) is 6.18 Å². The summed E-state index contributed by atoms with van der Waals surface area (Å²) < 4.78 is 38.6. The molecule has 9 heteroatoms. The second-order valence-electron chi connectivity index (χ2n) is 5.38. The molecule has 0 amide bonds. The Labute approximate surface area is 163 Å². The van der Waals surface area contributed by atoms with Gasteiger partial charge in [0.2, 0.25) is 0 Å². The number of halogens is 4. The van der Waals surface area contributed by atoms with Crippen LogP contribution in [-0.4, -0.2) is 27.5 Å². The smallest absolute Gasteiger partial charge is 0.332 e. The molecule has 1 aliphatic rings. The first-order valence-electron chi connectivity index (χ1n) is 7.56. The minimum Gasteiger partial charge on any atom is -0.332 e. The molecule has 1 aliphatic heterocycles. The molecule has 0 saturated carbocycles. The lowest BCUT2D eigenvalue weighted by atomic mass is 10.2. The van der Waals surface area contributed by atoms with E-state index in [9.17, 15) is 13.2 Å². The molecule has 2 aromatic carbocycles. The van der Waals surface area contributed by atoms with E-state index in [0.29, 0.717) is 21.8 Å². The Hall–Kier alpha value is -1.77. The van der Waals surface area contributed by atoms with E-state index in [2.05, 4.69) is 10.3 Å². The number of thiocarbonyl (C=S) groups is 1. The molecule has 0 spiro atoms. The molecule has 1 N–H and O–H groups in total. The molecule has 2 aromatic rings. The van der Waals surface area contributed by atoms with E-state index in [0.717, 1.165) is 23.6 Å². The molecule has 1 saturated heterocycles. The fraction of sp³-hybridized carbons (Fsp3) is 0.176. The van der Waals surface area contributed by atoms with E-state index in [1.807, 2.05) is 6.07 Å². The van der Waals surface area contributed by atoms with Crippen LogP contribution in [0.3, 0.4) is 0 Å². The Kier molecular flexibility index (Phi) is 5.74. The van der Waals surface area contributed by atoms with Crippen molar-refractivity contribution in [3.63, 3.8) is 0 Å². The lowest BCUT2D eigenvalue weighted by molar-refractivity contribution is -0.137. The maximum absolute atomic E-state index is 12.9. The van der Waals surface area contributed by atoms with Crippen molar-refractivity contribution in [1.29, 1.82) is 0 Å². The standard InChI is InChI=1S/C17H13ClF3N3S2/c18-12-4-2-6-14(10-12)22-15(25)24-7-8-26-16(24)23-13-5-1-3-11(9-13)17(19,20)21/h1-6,9-10H,7-8H2,(H,22,25). The summed E-state index contributed by atoms with van der Waals surface area (Å²) in [6, 6.07) is 12.0. The van der Waals surface area contributed by atoms with E-state index in [-0.39, 0.29) is 5.69 Å². The number of nitrogens with zero attached hydrogens (tertiary/aromatic N) is 2. The van der Waals surface area contributed by atoms with E-state index in [4.69, 9.17) is 23.8 Å². The van der Waals surface area contributed by atoms with Gasteiger partial charge in [0.05, 0.1) is 11.3 Å². The molecule has 0 unspecified atom stereocenters. The predicted octanol–water partition coefficient (Wildman–Crippen LogP) is 5.79. The minimum atomic E-state index is -4.40. The third-order valence-electron chi connectivity index (χ3n) is 3.50. The first-order valence-corrected chi connectivity index (χ1v) is 9.33. The Morgan fingerprint density at radius 2 is 1.96 bits per heavy atom. The summed E-state index contributed by atoms with van der Waals surface area (Å²) >= 11 is 12.8. The summed E-state index contributed by atoms with van der Waals surface area (Å²) in [7, 11) is 0. The van der Waals surface area contributed by atoms with Gasteiger partial charge in [-0.05, 0) is 48.6 Å². The third kappa shape index (κ3) is 4.69. The molecule has 136 valence electrons. The molecule has 0 radical (unpaired) electrons. The summed E-state index contributed by atoms with van der Waals surface area (Å²) in [4.78, 5) is 6.11. The van der Waals surface area contributed by atoms with Crippen molar-refractivity contribution >= 4 is 57.2 Å². The molecule has 0 bridgehead atoms. The summed E-state index contributed by atoms with van der Waals surface area (Å²) in [6.45, 7) is 0.620. The van der Waals surface area contributed by atoms with Crippen LogP contribution in [0.1, 0.15) is 5.56 Å². The average molecular weight is 416 g/mol. The first kappa shape index (κ1) is 19.0. The lowest BCUT2D eigenvalue weighted by Crippen LogP contribution is -2.35. The number of nitrogens with one attached hydrogen (secondary N) is 1. The fourth-order valence-electron chi connectivity index (χ4n) is 2.30. The second-order valence-corrected chi connectivity index (χ2v) is 7.27. The molecular weight excluding hydrogens is 403 g/mol. The molecule has 3 nitrogen and oxygen atoms in total. The van der Waals surface area contributed by atoms with Crippen LogP contribution in [0.15, 0.2) is 53.5 Å². The van der Waals surface area contributed by atoms with Crippen molar-refractivity contribution in [2.24, 2.45) is 4.99 Å². The number of benzene rings is 2. The summed E-state index contributed by atoms with van der Waals surface area (Å²) in [5, 5.41) is 4.63. The maximum Gasteiger partial charge on any atom is 0.416 e. The number of aliphatic imine (C=N–C) groups is 1. The van der Waals surface area contributed by atoms with Crippen LogP contribution < -0.4 is 5.32 Å². The largest absolute Gasteiger partial charge is 0.416 e. The number of alkyl halides is 3. The van der Waals surface area contributed by atoms with Gasteiger partial charge in [-0.15, -0.1) is 0 Å². The highest BCUT2D eigenvalue weighted by Gasteiger charge is 2.30. The number of thioether (sulfide) groups is 1. The van der Waals surface area contributed by atoms with Crippen LogP contribution in [0.5, 0.6) is 0 Å². The Balaban J connectivity index is 1.79. The molecule has 0 aromatic heterocycles. The van der Waals surface area contributed by atoms with Crippen molar-refractivity contribution in [2.45, 2.75) is 6.18 Å². The highest BCUT2D eigenvalue weighted by atomic mass is 35.5. The molecular formula is C17H13ClF3N3S2. The zero-order chi connectivity index (χ0) is 18.7. The molecule has 3 rings (SSSR count). The number of anilines is 1. The van der Waals surface area contributed by atoms with Crippen molar-refractivity contribution in [2.75, 3.05) is 17.6 Å². The number of rotatable bonds is 2. The van der Waals surface area contributed by atoms with E-state index >= 15 is 0 Å². The Bertz CT molecular complexity index is 855. The van der Waals surface area contributed by atoms with Crippen molar-refractivity contribution < 1.29 is 13.2 Å². The highest BCUT2D eigenvalue weighted by molar-refractivity contribution is 8.14. The van der Waals surface area contributed by atoms with E-state index in [1.54, 1.807) is 23.1 Å². The molecule has 0 atom stereocenters. The Morgan fingerprint density at radius 1 is 1.19 bits per heavy atom. The zero-order valence-electron chi connectivity index (χ0n) is 13.3. The lowest BCUT2D eigenvalue weighted by Gasteiger charge is -2.20. The van der Waals surface area contributed by atoms with Gasteiger partial charge in [0.1, 0.15) is 0 Å². The fourth-order valence-corrected chi connectivity index (χ4v) is 3.81. The van der Waals surface area contributed by atoms with Crippen LogP contribution in [0.25, 0.3) is 0 Å². The van der Waals surface area contributed by atoms with Crippen LogP contribution in [0, 0.1) is 0 Å². The molecule has 26 heavy (non-hydrogen) atoms. The number of amidine groups is 1. The predicted molar refractivity (Wildman–Crippen MR) is 105 cm³/mol. The molecule has 1 heterocycles. The summed E-state index contributed by atoms with van der Waals surface area (Å²) in [6.07, 6.45) is -4.40. The average Bonchev–Trinajstić information content (AvgIpc) is 3.02. The second kappa shape index (κ2) is 7.85. The van der Waals surface area contributed by atoms with Crippen molar-refractivity contribution in [1.82, 2.24) is 4.90 Å². The zero-order valence-corrected chi connectivity index (χ0v) is 15.6. The van der Waals surface area contributed by atoms with E-state index < -0.39 is 11.7 Å². The molecule has 0 aliphatic carbocycles. The van der Waals surface area contributed by atoms with Crippen molar-refractivity contribution in [3.8, 4) is 0 Å². The maximum atomic E-state index is 12.9. The molecule has 1 fully saturated rings. The highest BCUT2D eigenvalue weighted by Crippen LogP contribution is 2.32. The topological polar surface area (TPSA) is 27.6 Å². The normalized spacial score (nSPS) is 16.2. The van der Waals surface area contributed by atoms with Crippen LogP contribution in [0.2, 0.25) is 5.02 Å². The van der Waals surface area contributed by atoms with Gasteiger partial charge in [0, 0.05) is 23.0 Å². The third-order valence-corrected chi connectivity index (χ3v) is 5.01. The van der Waals surface area contributed by atoms with Gasteiger partial charge in [0.15, 0.2) is 10.3 Å². The monoisotopic (exact) mass is 415 g/mol. The van der Waals surface area contributed by atoms with Gasteiger partial charge in [-0.1, -0.05) is 35.5 Å². The Morgan fingerprint density at radius 3 is 2.69 bits per heavy atom. The van der Waals surface area contributed by atoms with Gasteiger partial charge in [-0.25, -0.2) is 4.99 Å². The van der Waals surface area contributed by atoms with Gasteiger partial charge in [0.25, 0.3) is 0 Å². The summed E-state index contributed by atoms with van der Waals surface area (Å²) in [5.74, 6) is 0.745. The van der Waals surface area contributed by atoms with Crippen LogP contribution >= 0.6 is 35.6 Å². The van der Waals surface area contributed by atoms with Gasteiger partial charge in [-0.2, -0.15) is 13.2 Å². The van der Waals surface area contributed by atoms with Gasteiger partial charge >= 0.3 is 6.18 Å². The number of hydrogen-bond donors (Lipinski definition) is 1. The summed E-state index contributed by atoms with van der Waals surface area (Å²) in [5.41, 5.74) is 0.242. The van der Waals surface area contributed by atoms with Gasteiger partial charge in [-0.3, -0.25) is 4.90 Å². The minimum absolute atomic E-state index is 0.236. The SMILES string of the molecule is FC(F)(F)c1cccc(N=C2SCCN2C(=S)Nc2cccc(Cl)c2)c1. The van der Waals surface area contributed by atoms with Gasteiger partial charge < -0.3 is 5.32 Å². The number of hydrogen-bond acceptors (Lipinski definition) is 3. The van der Waals surface area contributed by atoms with E-state index in [1.165, 1.54) is 23.9 Å². The van der Waals surface area contributed by atoms with Crippen molar-refractivity contribution in [3.05, 3.63) is 59.1 Å². The van der Waals surface area contributed by atoms with Crippen LogP contribution in [0.4, 0.5) is 24.5 Å². The quantitative estimate of drug-likeness (QED) is 0.628.